The molecule has 0 aliphatic heterocycles. The third-order valence-electron chi connectivity index (χ3n) is 4.21. The molecule has 0 saturated heterocycles. The van der Waals surface area contributed by atoms with Gasteiger partial charge < -0.3 is 4.90 Å². The quantitative estimate of drug-likeness (QED) is 0.772. The van der Waals surface area contributed by atoms with Crippen molar-refractivity contribution in [3.05, 3.63) is 35.9 Å². The molecule has 2 nitrogen and oxygen atoms in total. The number of thioether (sulfide) groups is 1. The van der Waals surface area contributed by atoms with Crippen molar-refractivity contribution in [3.8, 4) is 0 Å². The Morgan fingerprint density at radius 3 is 2.52 bits per heavy atom. The van der Waals surface area contributed by atoms with Crippen LogP contribution in [-0.2, 0) is 11.3 Å². The first-order valence-electron chi connectivity index (χ1n) is 8.19. The minimum absolute atomic E-state index is 0.0803. The van der Waals surface area contributed by atoms with E-state index < -0.39 is 0 Å². The Hall–Kier alpha value is -0.960. The zero-order chi connectivity index (χ0) is 15.1. The average Bonchev–Trinajstić information content (AvgIpc) is 2.54. The number of rotatable bonds is 6. The third-order valence-corrected chi connectivity index (χ3v) is 5.67. The summed E-state index contributed by atoms with van der Waals surface area (Å²) in [5, 5.41) is 0.768. The van der Waals surface area contributed by atoms with Gasteiger partial charge in [-0.1, -0.05) is 49.6 Å². The van der Waals surface area contributed by atoms with Gasteiger partial charge in [0.2, 0.25) is 5.91 Å². The van der Waals surface area contributed by atoms with Crippen LogP contribution in [0.3, 0.4) is 0 Å². The fraction of sp³-hybridized carbons (Fsp3) is 0.611. The summed E-state index contributed by atoms with van der Waals surface area (Å²) in [5.41, 5.74) is 1.21. The molecule has 1 unspecified atom stereocenters. The maximum absolute atomic E-state index is 12.7. The molecule has 1 atom stereocenters. The molecule has 1 amide bonds. The van der Waals surface area contributed by atoms with Crippen LogP contribution in [0.1, 0.15) is 51.5 Å². The standard InChI is InChI=1S/C18H27NOS/c1-3-19(14-16-10-6-4-7-11-16)18(20)15(2)21-17-12-8-5-9-13-17/h4,6-7,10-11,15,17H,3,5,8-9,12-14H2,1-2H3. The summed E-state index contributed by atoms with van der Waals surface area (Å²) in [6.45, 7) is 5.66. The molecular weight excluding hydrogens is 278 g/mol. The van der Waals surface area contributed by atoms with E-state index in [1.165, 1.54) is 37.7 Å². The molecular formula is C18H27NOS. The zero-order valence-corrected chi connectivity index (χ0v) is 14.1. The summed E-state index contributed by atoms with van der Waals surface area (Å²) in [6, 6.07) is 10.3. The molecule has 0 bridgehead atoms. The normalized spacial score (nSPS) is 17.4. The molecule has 0 N–H and O–H groups in total. The zero-order valence-electron chi connectivity index (χ0n) is 13.3. The Balaban J connectivity index is 1.89. The van der Waals surface area contributed by atoms with E-state index in [2.05, 4.69) is 26.0 Å². The molecule has 2 rings (SSSR count). The van der Waals surface area contributed by atoms with Gasteiger partial charge in [0.1, 0.15) is 0 Å². The Labute approximate surface area is 133 Å². The van der Waals surface area contributed by atoms with Gasteiger partial charge in [0.25, 0.3) is 0 Å². The topological polar surface area (TPSA) is 20.3 Å². The second kappa shape index (κ2) is 8.47. The molecule has 1 aromatic carbocycles. The Morgan fingerprint density at radius 1 is 1.24 bits per heavy atom. The van der Waals surface area contributed by atoms with Crippen molar-refractivity contribution in [1.29, 1.82) is 0 Å². The monoisotopic (exact) mass is 305 g/mol. The third kappa shape index (κ3) is 5.06. The minimum atomic E-state index is 0.0803. The molecule has 0 heterocycles. The van der Waals surface area contributed by atoms with Crippen molar-refractivity contribution in [1.82, 2.24) is 4.90 Å². The summed E-state index contributed by atoms with van der Waals surface area (Å²) in [5.74, 6) is 0.289. The van der Waals surface area contributed by atoms with Crippen molar-refractivity contribution in [3.63, 3.8) is 0 Å². The van der Waals surface area contributed by atoms with Gasteiger partial charge in [-0.05, 0) is 32.3 Å². The van der Waals surface area contributed by atoms with E-state index in [9.17, 15) is 4.79 Å². The molecule has 1 saturated carbocycles. The number of amides is 1. The van der Waals surface area contributed by atoms with E-state index in [1.54, 1.807) is 0 Å². The molecule has 0 spiro atoms. The van der Waals surface area contributed by atoms with Crippen molar-refractivity contribution >= 4 is 17.7 Å². The fourth-order valence-electron chi connectivity index (χ4n) is 2.95. The van der Waals surface area contributed by atoms with Crippen LogP contribution in [0.4, 0.5) is 0 Å². The number of nitrogens with zero attached hydrogens (tertiary/aromatic N) is 1. The van der Waals surface area contributed by atoms with Crippen molar-refractivity contribution in [2.45, 2.75) is 63.0 Å². The van der Waals surface area contributed by atoms with Gasteiger partial charge in [0.05, 0.1) is 5.25 Å². The lowest BCUT2D eigenvalue weighted by atomic mass is 10.0. The Kier molecular flexibility index (Phi) is 6.62. The predicted molar refractivity (Wildman–Crippen MR) is 91.5 cm³/mol. The number of hydrogen-bond donors (Lipinski definition) is 0. The van der Waals surface area contributed by atoms with Gasteiger partial charge >= 0.3 is 0 Å². The molecule has 1 aliphatic rings. The number of carbonyl (C=O) groups excluding carboxylic acids is 1. The van der Waals surface area contributed by atoms with Crippen LogP contribution in [-0.4, -0.2) is 27.9 Å². The molecule has 116 valence electrons. The van der Waals surface area contributed by atoms with Crippen LogP contribution >= 0.6 is 11.8 Å². The highest BCUT2D eigenvalue weighted by Gasteiger charge is 2.24. The second-order valence-corrected chi connectivity index (χ2v) is 7.52. The summed E-state index contributed by atoms with van der Waals surface area (Å²) in [6.07, 6.45) is 6.61. The van der Waals surface area contributed by atoms with Gasteiger partial charge in [-0.25, -0.2) is 0 Å². The molecule has 21 heavy (non-hydrogen) atoms. The highest BCUT2D eigenvalue weighted by atomic mass is 32.2. The average molecular weight is 305 g/mol. The minimum Gasteiger partial charge on any atom is -0.338 e. The van der Waals surface area contributed by atoms with Crippen LogP contribution in [0.2, 0.25) is 0 Å². The molecule has 3 heteroatoms. The van der Waals surface area contributed by atoms with Gasteiger partial charge in [0, 0.05) is 18.3 Å². The SMILES string of the molecule is CCN(Cc1ccccc1)C(=O)C(C)SC1CCCCC1. The highest BCUT2D eigenvalue weighted by molar-refractivity contribution is 8.01. The maximum Gasteiger partial charge on any atom is 0.235 e. The summed E-state index contributed by atoms with van der Waals surface area (Å²) >= 11 is 1.89. The summed E-state index contributed by atoms with van der Waals surface area (Å²) in [7, 11) is 0. The Morgan fingerprint density at radius 2 is 1.90 bits per heavy atom. The van der Waals surface area contributed by atoms with E-state index in [-0.39, 0.29) is 11.2 Å². The van der Waals surface area contributed by atoms with E-state index in [0.717, 1.165) is 13.1 Å². The fourth-order valence-corrected chi connectivity index (χ4v) is 4.40. The van der Waals surface area contributed by atoms with Gasteiger partial charge in [-0.15, -0.1) is 11.8 Å². The first-order valence-corrected chi connectivity index (χ1v) is 9.13. The lowest BCUT2D eigenvalue weighted by Crippen LogP contribution is -2.36. The molecule has 0 radical (unpaired) electrons. The smallest absolute Gasteiger partial charge is 0.235 e. The lowest BCUT2D eigenvalue weighted by molar-refractivity contribution is -0.130. The second-order valence-electron chi connectivity index (χ2n) is 5.88. The molecule has 1 aromatic rings. The van der Waals surface area contributed by atoms with E-state index in [0.29, 0.717) is 5.25 Å². The van der Waals surface area contributed by atoms with Crippen LogP contribution in [0.5, 0.6) is 0 Å². The largest absolute Gasteiger partial charge is 0.338 e. The van der Waals surface area contributed by atoms with Crippen molar-refractivity contribution in [2.24, 2.45) is 0 Å². The van der Waals surface area contributed by atoms with E-state index in [1.807, 2.05) is 34.9 Å². The Bertz CT molecular complexity index is 428. The predicted octanol–water partition coefficient (Wildman–Crippen LogP) is 4.49. The highest BCUT2D eigenvalue weighted by Crippen LogP contribution is 2.31. The molecule has 1 aliphatic carbocycles. The number of carbonyl (C=O) groups is 1. The first kappa shape index (κ1) is 16.4. The first-order chi connectivity index (χ1) is 10.2. The summed E-state index contributed by atoms with van der Waals surface area (Å²) < 4.78 is 0. The van der Waals surface area contributed by atoms with E-state index in [4.69, 9.17) is 0 Å². The van der Waals surface area contributed by atoms with Crippen LogP contribution in [0.15, 0.2) is 30.3 Å². The summed E-state index contributed by atoms with van der Waals surface area (Å²) in [4.78, 5) is 14.6. The van der Waals surface area contributed by atoms with Gasteiger partial charge in [0.15, 0.2) is 0 Å². The van der Waals surface area contributed by atoms with Crippen LogP contribution in [0.25, 0.3) is 0 Å². The van der Waals surface area contributed by atoms with Crippen molar-refractivity contribution < 1.29 is 4.79 Å². The van der Waals surface area contributed by atoms with Crippen molar-refractivity contribution in [2.75, 3.05) is 6.54 Å². The van der Waals surface area contributed by atoms with Crippen LogP contribution < -0.4 is 0 Å². The van der Waals surface area contributed by atoms with E-state index >= 15 is 0 Å². The molecule has 1 fully saturated rings. The number of benzene rings is 1. The number of hydrogen-bond acceptors (Lipinski definition) is 2. The van der Waals surface area contributed by atoms with Crippen LogP contribution in [0, 0.1) is 0 Å². The molecule has 0 aromatic heterocycles. The van der Waals surface area contributed by atoms with Gasteiger partial charge in [-0.3, -0.25) is 4.79 Å². The lowest BCUT2D eigenvalue weighted by Gasteiger charge is -2.28. The van der Waals surface area contributed by atoms with Gasteiger partial charge in [-0.2, -0.15) is 0 Å². The maximum atomic E-state index is 12.7.